The minimum atomic E-state index is -3.65. The maximum Gasteiger partial charge on any atom is 0.242 e. The highest BCUT2D eigenvalue weighted by Crippen LogP contribution is 2.20. The number of hydrogen-bond donors (Lipinski definition) is 1. The van der Waals surface area contributed by atoms with Gasteiger partial charge >= 0.3 is 0 Å². The van der Waals surface area contributed by atoms with Crippen molar-refractivity contribution < 1.29 is 17.9 Å². The Hall–Kier alpha value is -1.76. The Bertz CT molecular complexity index is 749. The molecule has 124 valence electrons. The van der Waals surface area contributed by atoms with Gasteiger partial charge in [0.1, 0.15) is 23.0 Å². The molecule has 0 aromatic heterocycles. The third kappa shape index (κ3) is 5.13. The Morgan fingerprint density at radius 1 is 1.04 bits per heavy atom. The molecule has 0 unspecified atom stereocenters. The Kier molecular flexibility index (Phi) is 6.27. The summed E-state index contributed by atoms with van der Waals surface area (Å²) in [4.78, 5) is 0.0556. The molecule has 0 bridgehead atoms. The van der Waals surface area contributed by atoms with Gasteiger partial charge in [0.25, 0.3) is 0 Å². The molecule has 0 aliphatic carbocycles. The van der Waals surface area contributed by atoms with Crippen LogP contribution in [0, 0.1) is 0 Å². The first-order chi connectivity index (χ1) is 11.0. The summed E-state index contributed by atoms with van der Waals surface area (Å²) >= 11 is 5.90. The molecule has 0 radical (unpaired) electrons. The van der Waals surface area contributed by atoms with E-state index in [-0.39, 0.29) is 23.1 Å². The van der Waals surface area contributed by atoms with E-state index < -0.39 is 10.0 Å². The van der Waals surface area contributed by atoms with Gasteiger partial charge in [-0.15, -0.1) is 0 Å². The van der Waals surface area contributed by atoms with Gasteiger partial charge in [0.15, 0.2) is 0 Å². The lowest BCUT2D eigenvalue weighted by Crippen LogP contribution is -2.28. The zero-order valence-electron chi connectivity index (χ0n) is 12.7. The number of sulfonamides is 1. The Labute approximate surface area is 141 Å². The first-order valence-electron chi connectivity index (χ1n) is 7.13. The van der Waals surface area contributed by atoms with Gasteiger partial charge in [-0.3, -0.25) is 0 Å². The van der Waals surface area contributed by atoms with Crippen LogP contribution < -0.4 is 14.2 Å². The second-order valence-corrected chi connectivity index (χ2v) is 6.73. The quantitative estimate of drug-likeness (QED) is 0.739. The topological polar surface area (TPSA) is 64.6 Å². The molecule has 0 amide bonds. The molecule has 0 spiro atoms. The number of halogens is 1. The summed E-state index contributed by atoms with van der Waals surface area (Å²) < 4.78 is 37.6. The highest BCUT2D eigenvalue weighted by molar-refractivity contribution is 7.89. The predicted molar refractivity (Wildman–Crippen MR) is 89.7 cm³/mol. The van der Waals surface area contributed by atoms with Crippen LogP contribution in [0.5, 0.6) is 11.5 Å². The molecular weight excluding hydrogens is 338 g/mol. The molecule has 2 rings (SSSR count). The molecule has 0 saturated carbocycles. The molecule has 0 fully saturated rings. The zero-order chi connectivity index (χ0) is 16.7. The maximum atomic E-state index is 12.1. The van der Waals surface area contributed by atoms with Crippen LogP contribution in [0.25, 0.3) is 0 Å². The summed E-state index contributed by atoms with van der Waals surface area (Å²) in [6, 6.07) is 13.5. The Morgan fingerprint density at radius 2 is 1.74 bits per heavy atom. The normalized spacial score (nSPS) is 11.2. The van der Waals surface area contributed by atoms with Crippen LogP contribution in [0.15, 0.2) is 53.4 Å². The van der Waals surface area contributed by atoms with Gasteiger partial charge in [0.05, 0.1) is 11.6 Å². The zero-order valence-corrected chi connectivity index (χ0v) is 14.2. The van der Waals surface area contributed by atoms with Crippen molar-refractivity contribution in [2.45, 2.75) is 11.8 Å². The van der Waals surface area contributed by atoms with Crippen LogP contribution in [0.3, 0.4) is 0 Å². The van der Waals surface area contributed by atoms with E-state index in [0.29, 0.717) is 18.1 Å². The fraction of sp³-hybridized carbons (Fsp3) is 0.250. The molecular formula is C16H18ClNO4S. The van der Waals surface area contributed by atoms with Gasteiger partial charge in [-0.2, -0.15) is 0 Å². The van der Waals surface area contributed by atoms with Crippen LogP contribution in [0.4, 0.5) is 0 Å². The fourth-order valence-electron chi connectivity index (χ4n) is 1.91. The highest BCUT2D eigenvalue weighted by Gasteiger charge is 2.16. The molecule has 7 heteroatoms. The van der Waals surface area contributed by atoms with Crippen molar-refractivity contribution in [2.75, 3.05) is 19.8 Å². The van der Waals surface area contributed by atoms with Gasteiger partial charge in [0, 0.05) is 12.6 Å². The maximum absolute atomic E-state index is 12.1. The van der Waals surface area contributed by atoms with Crippen LogP contribution in [0.2, 0.25) is 5.02 Å². The minimum Gasteiger partial charge on any atom is -0.494 e. The van der Waals surface area contributed by atoms with Crippen molar-refractivity contribution in [2.24, 2.45) is 0 Å². The summed E-state index contributed by atoms with van der Waals surface area (Å²) in [6.07, 6.45) is 0. The third-order valence-corrected chi connectivity index (χ3v) is 4.87. The Balaban J connectivity index is 1.88. The summed E-state index contributed by atoms with van der Waals surface area (Å²) in [7, 11) is -3.65. The molecule has 5 nitrogen and oxygen atoms in total. The van der Waals surface area contributed by atoms with E-state index in [0.717, 1.165) is 0 Å². The smallest absolute Gasteiger partial charge is 0.242 e. The largest absolute Gasteiger partial charge is 0.494 e. The van der Waals surface area contributed by atoms with E-state index in [1.54, 1.807) is 24.3 Å². The van der Waals surface area contributed by atoms with Crippen molar-refractivity contribution in [3.63, 3.8) is 0 Å². The van der Waals surface area contributed by atoms with Crippen molar-refractivity contribution >= 4 is 21.6 Å². The molecule has 2 aromatic rings. The van der Waals surface area contributed by atoms with E-state index in [9.17, 15) is 8.42 Å². The van der Waals surface area contributed by atoms with Gasteiger partial charge in [0.2, 0.25) is 10.0 Å². The number of ether oxygens (including phenoxy) is 2. The van der Waals surface area contributed by atoms with Crippen LogP contribution in [0.1, 0.15) is 6.92 Å². The standard InChI is InChI=1S/C16H18ClNO4S/c1-2-21-13-6-5-7-14(12-13)22-11-10-18-23(19,20)16-9-4-3-8-15(16)17/h3-9,12,18H,2,10-11H2,1H3. The van der Waals surface area contributed by atoms with Crippen molar-refractivity contribution in [1.29, 1.82) is 0 Å². The average Bonchev–Trinajstić information content (AvgIpc) is 2.53. The Morgan fingerprint density at radius 3 is 2.43 bits per heavy atom. The first-order valence-corrected chi connectivity index (χ1v) is 8.99. The van der Waals surface area contributed by atoms with Crippen molar-refractivity contribution in [1.82, 2.24) is 4.72 Å². The fourth-order valence-corrected chi connectivity index (χ4v) is 3.44. The molecule has 1 N–H and O–H groups in total. The molecule has 0 saturated heterocycles. The lowest BCUT2D eigenvalue weighted by molar-refractivity contribution is 0.313. The van der Waals surface area contributed by atoms with Gasteiger partial charge in [-0.25, -0.2) is 13.1 Å². The third-order valence-electron chi connectivity index (χ3n) is 2.91. The summed E-state index contributed by atoms with van der Waals surface area (Å²) in [5, 5.41) is 0.185. The van der Waals surface area contributed by atoms with Gasteiger partial charge in [-0.05, 0) is 31.2 Å². The van der Waals surface area contributed by atoms with E-state index in [4.69, 9.17) is 21.1 Å². The van der Waals surface area contributed by atoms with Crippen LogP contribution in [-0.2, 0) is 10.0 Å². The van der Waals surface area contributed by atoms with Crippen molar-refractivity contribution in [3.8, 4) is 11.5 Å². The summed E-state index contributed by atoms with van der Waals surface area (Å²) in [5.41, 5.74) is 0. The van der Waals surface area contributed by atoms with E-state index >= 15 is 0 Å². The number of hydrogen-bond acceptors (Lipinski definition) is 4. The average molecular weight is 356 g/mol. The van der Waals surface area contributed by atoms with E-state index in [1.165, 1.54) is 12.1 Å². The first kappa shape index (κ1) is 17.6. The molecule has 0 aliphatic heterocycles. The minimum absolute atomic E-state index is 0.0556. The molecule has 2 aromatic carbocycles. The summed E-state index contributed by atoms with van der Waals surface area (Å²) in [6.45, 7) is 2.80. The second kappa shape index (κ2) is 8.19. The van der Waals surface area contributed by atoms with Crippen LogP contribution >= 0.6 is 11.6 Å². The molecule has 0 aliphatic rings. The number of rotatable bonds is 8. The van der Waals surface area contributed by atoms with Gasteiger partial charge < -0.3 is 9.47 Å². The molecule has 0 heterocycles. The van der Waals surface area contributed by atoms with E-state index in [2.05, 4.69) is 4.72 Å². The predicted octanol–water partition coefficient (Wildman–Crippen LogP) is 3.10. The lowest BCUT2D eigenvalue weighted by Gasteiger charge is -2.10. The van der Waals surface area contributed by atoms with Gasteiger partial charge in [-0.1, -0.05) is 29.8 Å². The number of benzene rings is 2. The second-order valence-electron chi connectivity index (χ2n) is 4.58. The highest BCUT2D eigenvalue weighted by atomic mass is 35.5. The van der Waals surface area contributed by atoms with Crippen LogP contribution in [-0.4, -0.2) is 28.2 Å². The SMILES string of the molecule is CCOc1cccc(OCCNS(=O)(=O)c2ccccc2Cl)c1. The monoisotopic (exact) mass is 355 g/mol. The summed E-state index contributed by atoms with van der Waals surface area (Å²) in [5.74, 6) is 1.33. The van der Waals surface area contributed by atoms with Crippen molar-refractivity contribution in [3.05, 3.63) is 53.6 Å². The van der Waals surface area contributed by atoms with E-state index in [1.807, 2.05) is 19.1 Å². The lowest BCUT2D eigenvalue weighted by atomic mass is 10.3. The molecule has 0 atom stereocenters. The number of nitrogens with one attached hydrogen (secondary N) is 1. The molecule has 23 heavy (non-hydrogen) atoms.